The lowest BCUT2D eigenvalue weighted by atomic mass is 9.98. The number of aromatic carboxylic acids is 1. The number of carbonyl (C=O) groups excluding carboxylic acids is 1. The van der Waals surface area contributed by atoms with Gasteiger partial charge < -0.3 is 28.6 Å². The van der Waals surface area contributed by atoms with Crippen LogP contribution in [0.2, 0.25) is 10.0 Å². The van der Waals surface area contributed by atoms with Crippen LogP contribution in [0.3, 0.4) is 0 Å². The molecule has 0 saturated heterocycles. The van der Waals surface area contributed by atoms with Gasteiger partial charge in [0, 0.05) is 65.4 Å². The van der Waals surface area contributed by atoms with Crippen LogP contribution in [0.1, 0.15) is 80.9 Å². The predicted octanol–water partition coefficient (Wildman–Crippen LogP) is 9.81. The van der Waals surface area contributed by atoms with Crippen molar-refractivity contribution in [3.63, 3.8) is 0 Å². The van der Waals surface area contributed by atoms with Gasteiger partial charge in [-0.15, -0.1) is 0 Å². The lowest BCUT2D eigenvalue weighted by Gasteiger charge is -2.35. The molecule has 0 radical (unpaired) electrons. The van der Waals surface area contributed by atoms with E-state index in [0.717, 1.165) is 71.8 Å². The normalized spacial score (nSPS) is 14.4. The maximum Gasteiger partial charge on any atom is 0.352 e. The zero-order valence-electron chi connectivity index (χ0n) is 32.6. The highest BCUT2D eigenvalue weighted by atomic mass is 35.5. The first-order chi connectivity index (χ1) is 26.2. The molecular weight excluding hydrogens is 737 g/mol. The van der Waals surface area contributed by atoms with Crippen molar-refractivity contribution in [2.75, 3.05) is 31.3 Å². The van der Waals surface area contributed by atoms with Crippen molar-refractivity contribution < 1.29 is 24.2 Å². The summed E-state index contributed by atoms with van der Waals surface area (Å²) in [5.41, 5.74) is 10.4. The Balaban J connectivity index is 1.40. The Bertz CT molecular complexity index is 2490. The fourth-order valence-electron chi connectivity index (χ4n) is 8.39. The van der Waals surface area contributed by atoms with Crippen LogP contribution in [0.25, 0.3) is 32.9 Å². The van der Waals surface area contributed by atoms with E-state index < -0.39 is 5.97 Å². The number of hydrogen-bond acceptors (Lipinski definition) is 5. The number of carboxylic acid groups (broad SMARTS) is 1. The first-order valence-corrected chi connectivity index (χ1v) is 19.5. The molecule has 0 saturated carbocycles. The summed E-state index contributed by atoms with van der Waals surface area (Å²) in [6.07, 6.45) is 1.22. The van der Waals surface area contributed by atoms with Crippen LogP contribution in [0, 0.1) is 34.6 Å². The number of hydrogen-bond donors (Lipinski definition) is 1. The molecule has 4 heterocycles. The van der Waals surface area contributed by atoms with E-state index in [1.165, 1.54) is 0 Å². The number of nitrogens with zero attached hydrogens (tertiary/aromatic N) is 5. The first kappa shape index (κ1) is 38.5. The van der Waals surface area contributed by atoms with E-state index in [0.29, 0.717) is 67.7 Å². The highest BCUT2D eigenvalue weighted by Crippen LogP contribution is 2.46. The van der Waals surface area contributed by atoms with E-state index >= 15 is 4.79 Å². The van der Waals surface area contributed by atoms with Gasteiger partial charge in [0.05, 0.1) is 40.7 Å². The SMILES string of the molecule is CCOCCn1c(C(=O)O)cc2cc(C)cc(N3CC(C)n4c(c(CCCOc5cc(C)c(Cl)c(C)c5)c5ccc(Cl)c(-c6c(C)nn(C)c6C)c54)C3=O)c21. The quantitative estimate of drug-likeness (QED) is 0.124. The molecule has 1 aliphatic heterocycles. The lowest BCUT2D eigenvalue weighted by Crippen LogP contribution is -2.43. The number of ether oxygens (including phenoxy) is 2. The van der Waals surface area contributed by atoms with Crippen molar-refractivity contribution in [1.82, 2.24) is 18.9 Å². The lowest BCUT2D eigenvalue weighted by molar-refractivity contribution is 0.0681. The third kappa shape index (κ3) is 6.68. The molecule has 1 N–H and O–H groups in total. The number of amides is 1. The Kier molecular flexibility index (Phi) is 10.5. The number of anilines is 1. The molecule has 0 fully saturated rings. The largest absolute Gasteiger partial charge is 0.494 e. The number of carboxylic acids is 1. The Morgan fingerprint density at radius 1 is 0.982 bits per heavy atom. The number of fused-ring (bicyclic) bond motifs is 4. The second kappa shape index (κ2) is 15.0. The van der Waals surface area contributed by atoms with Gasteiger partial charge in [0.2, 0.25) is 0 Å². The first-order valence-electron chi connectivity index (χ1n) is 18.8. The third-order valence-electron chi connectivity index (χ3n) is 10.9. The van der Waals surface area contributed by atoms with Crippen molar-refractivity contribution >= 4 is 62.6 Å². The Hall–Kier alpha value is -4.77. The highest BCUT2D eigenvalue weighted by molar-refractivity contribution is 6.35. The summed E-state index contributed by atoms with van der Waals surface area (Å²) in [5.74, 6) is -0.432. The van der Waals surface area contributed by atoms with Gasteiger partial charge in [-0.3, -0.25) is 9.48 Å². The molecule has 1 atom stereocenters. The van der Waals surface area contributed by atoms with Gasteiger partial charge in [0.1, 0.15) is 17.1 Å². The van der Waals surface area contributed by atoms with Gasteiger partial charge in [-0.1, -0.05) is 29.3 Å². The molecule has 10 nitrogen and oxygen atoms in total. The van der Waals surface area contributed by atoms with Crippen molar-refractivity contribution in [2.24, 2.45) is 7.05 Å². The van der Waals surface area contributed by atoms with Gasteiger partial charge >= 0.3 is 5.97 Å². The zero-order valence-corrected chi connectivity index (χ0v) is 34.2. The van der Waals surface area contributed by atoms with Crippen LogP contribution in [0.15, 0.2) is 42.5 Å². The van der Waals surface area contributed by atoms with Crippen LogP contribution in [-0.4, -0.2) is 62.3 Å². The van der Waals surface area contributed by atoms with E-state index in [-0.39, 0.29) is 17.6 Å². The molecule has 55 heavy (non-hydrogen) atoms. The molecule has 1 unspecified atom stereocenters. The topological polar surface area (TPSA) is 104 Å². The Morgan fingerprint density at radius 2 is 1.71 bits per heavy atom. The highest BCUT2D eigenvalue weighted by Gasteiger charge is 2.38. The van der Waals surface area contributed by atoms with Crippen LogP contribution in [0.5, 0.6) is 5.75 Å². The van der Waals surface area contributed by atoms with Crippen LogP contribution in [-0.2, 0) is 24.8 Å². The molecule has 0 bridgehead atoms. The molecule has 0 spiro atoms. The maximum atomic E-state index is 15.3. The van der Waals surface area contributed by atoms with E-state index in [4.69, 9.17) is 37.8 Å². The van der Waals surface area contributed by atoms with Crippen molar-refractivity contribution in [1.29, 1.82) is 0 Å². The standard InChI is InChI=1S/C43H47Cl2N5O5/c1-9-54-16-14-48-35(43(52)53)21-29-17-23(2)18-34(39(29)48)49-22-26(5)50-40-32(12-13-33(44)37(40)36-27(6)46-47(8)28(36)7)31(41(50)42(49)51)11-10-15-55-30-19-24(3)38(45)25(4)20-30/h12-13,17-21,26H,9-11,14-16,22H2,1-8H3,(H,52,53). The second-order valence-electron chi connectivity index (χ2n) is 14.7. The molecule has 3 aromatic carbocycles. The van der Waals surface area contributed by atoms with Crippen LogP contribution < -0.4 is 9.64 Å². The van der Waals surface area contributed by atoms with Crippen LogP contribution >= 0.6 is 23.2 Å². The average Bonchev–Trinajstić information content (AvgIpc) is 3.75. The molecule has 3 aromatic heterocycles. The molecule has 1 aliphatic rings. The van der Waals surface area contributed by atoms with E-state index in [2.05, 4.69) is 11.5 Å². The van der Waals surface area contributed by atoms with E-state index in [1.54, 1.807) is 10.6 Å². The Morgan fingerprint density at radius 3 is 2.36 bits per heavy atom. The fourth-order valence-corrected chi connectivity index (χ4v) is 8.75. The summed E-state index contributed by atoms with van der Waals surface area (Å²) in [6, 6.07) is 13.3. The molecule has 0 aliphatic carbocycles. The van der Waals surface area contributed by atoms with Crippen molar-refractivity contribution in [3.8, 4) is 16.9 Å². The summed E-state index contributed by atoms with van der Waals surface area (Å²) in [7, 11) is 1.93. The second-order valence-corrected chi connectivity index (χ2v) is 15.5. The average molecular weight is 785 g/mol. The molecule has 6 aromatic rings. The summed E-state index contributed by atoms with van der Waals surface area (Å²) in [4.78, 5) is 29.7. The van der Waals surface area contributed by atoms with Gasteiger partial charge in [0.15, 0.2) is 0 Å². The molecule has 7 rings (SSSR count). The minimum Gasteiger partial charge on any atom is -0.494 e. The maximum absolute atomic E-state index is 15.3. The monoisotopic (exact) mass is 783 g/mol. The number of halogens is 2. The molecular formula is C43H47Cl2N5O5. The summed E-state index contributed by atoms with van der Waals surface area (Å²) in [5, 5.41) is 18.0. The Labute approximate surface area is 331 Å². The van der Waals surface area contributed by atoms with Gasteiger partial charge in [0.25, 0.3) is 5.91 Å². The van der Waals surface area contributed by atoms with Gasteiger partial charge in [-0.2, -0.15) is 5.10 Å². The molecule has 288 valence electrons. The molecule has 12 heteroatoms. The summed E-state index contributed by atoms with van der Waals surface area (Å²) < 4.78 is 17.7. The fraction of sp³-hybridized carbons (Fsp3) is 0.372. The smallest absolute Gasteiger partial charge is 0.352 e. The minimum absolute atomic E-state index is 0.154. The third-order valence-corrected chi connectivity index (χ3v) is 11.8. The summed E-state index contributed by atoms with van der Waals surface area (Å²) >= 11 is 13.5. The number of aryl methyl sites for hydroxylation is 6. The van der Waals surface area contributed by atoms with Crippen molar-refractivity contribution in [3.05, 3.63) is 97.5 Å². The summed E-state index contributed by atoms with van der Waals surface area (Å²) in [6.45, 7) is 15.9. The molecule has 1 amide bonds. The predicted molar refractivity (Wildman–Crippen MR) is 220 cm³/mol. The van der Waals surface area contributed by atoms with Gasteiger partial charge in [-0.25, -0.2) is 4.79 Å². The van der Waals surface area contributed by atoms with Gasteiger partial charge in [-0.05, 0) is 120 Å². The van der Waals surface area contributed by atoms with Crippen LogP contribution in [0.4, 0.5) is 5.69 Å². The number of carbonyl (C=O) groups is 2. The number of aromatic nitrogens is 4. The van der Waals surface area contributed by atoms with E-state index in [1.807, 2.05) is 94.6 Å². The minimum atomic E-state index is -1.03. The zero-order chi connectivity index (χ0) is 39.5. The number of rotatable bonds is 12. The van der Waals surface area contributed by atoms with Crippen molar-refractivity contribution in [2.45, 2.75) is 73.9 Å². The van der Waals surface area contributed by atoms with E-state index in [9.17, 15) is 9.90 Å². The number of benzene rings is 3.